The second kappa shape index (κ2) is 7.66. The van der Waals surface area contributed by atoms with Crippen LogP contribution in [0.2, 0.25) is 0 Å². The fraction of sp³-hybridized carbons (Fsp3) is 0.667. The van der Waals surface area contributed by atoms with Crippen molar-refractivity contribution < 1.29 is 9.59 Å². The molecule has 1 fully saturated rings. The number of nitrogens with zero attached hydrogens (tertiary/aromatic N) is 1. The highest BCUT2D eigenvalue weighted by atomic mass is 32.1. The van der Waals surface area contributed by atoms with Gasteiger partial charge in [0.25, 0.3) is 5.91 Å². The van der Waals surface area contributed by atoms with Gasteiger partial charge in [0.15, 0.2) is 0 Å². The number of likely N-dealkylation sites (N-methyl/N-ethyl adjacent to an activating group) is 1. The highest BCUT2D eigenvalue weighted by Gasteiger charge is 2.26. The molecule has 2 heterocycles. The van der Waals surface area contributed by atoms with Gasteiger partial charge < -0.3 is 10.6 Å². The molecule has 1 aliphatic heterocycles. The van der Waals surface area contributed by atoms with E-state index >= 15 is 0 Å². The molecule has 0 bridgehead atoms. The summed E-state index contributed by atoms with van der Waals surface area (Å²) in [5.41, 5.74) is 2.18. The van der Waals surface area contributed by atoms with E-state index < -0.39 is 0 Å². The third kappa shape index (κ3) is 3.98. The topological polar surface area (TPSA) is 61.4 Å². The summed E-state index contributed by atoms with van der Waals surface area (Å²) in [6.07, 6.45) is 5.15. The van der Waals surface area contributed by atoms with Crippen molar-refractivity contribution in [3.8, 4) is 0 Å². The zero-order chi connectivity index (χ0) is 17.1. The molecular weight excluding hydrogens is 322 g/mol. The van der Waals surface area contributed by atoms with Crippen molar-refractivity contribution in [1.82, 2.24) is 15.5 Å². The summed E-state index contributed by atoms with van der Waals surface area (Å²) in [4.78, 5) is 27.6. The highest BCUT2D eigenvalue weighted by Crippen LogP contribution is 2.32. The van der Waals surface area contributed by atoms with Gasteiger partial charge in [-0.1, -0.05) is 6.92 Å². The molecule has 3 rings (SSSR count). The van der Waals surface area contributed by atoms with E-state index in [2.05, 4.69) is 22.5 Å². The maximum Gasteiger partial charge on any atom is 0.252 e. The van der Waals surface area contributed by atoms with Crippen LogP contribution in [0, 0.1) is 5.92 Å². The second-order valence-electron chi connectivity index (χ2n) is 7.10. The van der Waals surface area contributed by atoms with Crippen LogP contribution in [0.5, 0.6) is 0 Å². The molecule has 132 valence electrons. The molecule has 1 aromatic rings. The number of amides is 2. The van der Waals surface area contributed by atoms with Gasteiger partial charge in [-0.25, -0.2) is 0 Å². The lowest BCUT2D eigenvalue weighted by molar-refractivity contribution is -0.122. The molecule has 1 atom stereocenters. The van der Waals surface area contributed by atoms with Gasteiger partial charge >= 0.3 is 0 Å². The predicted molar refractivity (Wildman–Crippen MR) is 96.5 cm³/mol. The lowest BCUT2D eigenvalue weighted by Crippen LogP contribution is -2.47. The lowest BCUT2D eigenvalue weighted by Gasteiger charge is -2.31. The van der Waals surface area contributed by atoms with Crippen LogP contribution < -0.4 is 10.6 Å². The first-order valence-electron chi connectivity index (χ1n) is 8.90. The second-order valence-corrected chi connectivity index (χ2v) is 8.06. The maximum absolute atomic E-state index is 12.7. The fourth-order valence-corrected chi connectivity index (χ4v) is 4.89. The lowest BCUT2D eigenvalue weighted by atomic mass is 9.88. The molecule has 1 aliphatic carbocycles. The molecular formula is C18H27N3O2S. The van der Waals surface area contributed by atoms with Gasteiger partial charge in [0, 0.05) is 36.4 Å². The number of fused-ring (bicyclic) bond motifs is 1. The van der Waals surface area contributed by atoms with E-state index in [4.69, 9.17) is 0 Å². The van der Waals surface area contributed by atoms with E-state index in [1.54, 1.807) is 18.4 Å². The quantitative estimate of drug-likeness (QED) is 0.872. The Labute approximate surface area is 147 Å². The van der Waals surface area contributed by atoms with Crippen molar-refractivity contribution in [2.24, 2.45) is 5.92 Å². The number of likely N-dealkylation sites (tertiary alicyclic amines) is 1. The van der Waals surface area contributed by atoms with Crippen molar-refractivity contribution in [2.75, 3.05) is 26.7 Å². The van der Waals surface area contributed by atoms with E-state index in [0.717, 1.165) is 50.3 Å². The van der Waals surface area contributed by atoms with E-state index in [0.29, 0.717) is 6.54 Å². The molecule has 0 radical (unpaired) electrons. The number of thiophene rings is 1. The van der Waals surface area contributed by atoms with Gasteiger partial charge in [-0.2, -0.15) is 0 Å². The third-order valence-electron chi connectivity index (χ3n) is 5.22. The maximum atomic E-state index is 12.7. The molecule has 24 heavy (non-hydrogen) atoms. The zero-order valence-electron chi connectivity index (χ0n) is 14.6. The molecule has 0 saturated carbocycles. The van der Waals surface area contributed by atoms with E-state index in [-0.39, 0.29) is 17.9 Å². The first kappa shape index (κ1) is 17.4. The molecule has 0 spiro atoms. The van der Waals surface area contributed by atoms with Crippen molar-refractivity contribution in [1.29, 1.82) is 0 Å². The van der Waals surface area contributed by atoms with Crippen molar-refractivity contribution in [3.63, 3.8) is 0 Å². The monoisotopic (exact) mass is 349 g/mol. The van der Waals surface area contributed by atoms with Crippen molar-refractivity contribution >= 4 is 23.2 Å². The van der Waals surface area contributed by atoms with Gasteiger partial charge in [-0.3, -0.25) is 14.5 Å². The van der Waals surface area contributed by atoms with Crippen LogP contribution in [-0.2, 0) is 17.6 Å². The largest absolute Gasteiger partial charge is 0.358 e. The SMILES string of the molecule is CNC(=O)CN1CCC(NC(=O)c2csc3c2CC[C@@H](C)C3)CC1. The minimum atomic E-state index is 0.0524. The molecule has 0 unspecified atom stereocenters. The van der Waals surface area contributed by atoms with Gasteiger partial charge in [0.1, 0.15) is 0 Å². The van der Waals surface area contributed by atoms with E-state index in [1.807, 2.05) is 5.38 Å². The summed E-state index contributed by atoms with van der Waals surface area (Å²) in [6, 6.07) is 0.219. The molecule has 0 aromatic carbocycles. The van der Waals surface area contributed by atoms with Crippen LogP contribution >= 0.6 is 11.3 Å². The molecule has 2 N–H and O–H groups in total. The fourth-order valence-electron chi connectivity index (χ4n) is 3.65. The minimum absolute atomic E-state index is 0.0524. The standard InChI is InChI=1S/C18H27N3O2S/c1-12-3-4-14-15(11-24-16(14)9-12)18(23)20-13-5-7-21(8-6-13)10-17(22)19-2/h11-13H,3-10H2,1-2H3,(H,19,22)(H,20,23)/t12-/m1/s1. The van der Waals surface area contributed by atoms with Crippen LogP contribution in [0.25, 0.3) is 0 Å². The smallest absolute Gasteiger partial charge is 0.252 e. The van der Waals surface area contributed by atoms with Gasteiger partial charge in [0.2, 0.25) is 5.91 Å². The Morgan fingerprint density at radius 3 is 2.75 bits per heavy atom. The zero-order valence-corrected chi connectivity index (χ0v) is 15.4. The Bertz CT molecular complexity index is 605. The number of carbonyl (C=O) groups excluding carboxylic acids is 2. The first-order valence-corrected chi connectivity index (χ1v) is 9.77. The number of hydrogen-bond donors (Lipinski definition) is 2. The average Bonchev–Trinajstić information content (AvgIpc) is 2.99. The summed E-state index contributed by atoms with van der Waals surface area (Å²) in [6.45, 7) is 4.46. The van der Waals surface area contributed by atoms with Crippen LogP contribution in [0.3, 0.4) is 0 Å². The number of nitrogens with one attached hydrogen (secondary N) is 2. The van der Waals surface area contributed by atoms with Gasteiger partial charge in [-0.15, -0.1) is 11.3 Å². The summed E-state index contributed by atoms with van der Waals surface area (Å²) < 4.78 is 0. The number of carbonyl (C=O) groups is 2. The van der Waals surface area contributed by atoms with Crippen LogP contribution in [0.15, 0.2) is 5.38 Å². The Morgan fingerprint density at radius 2 is 2.04 bits per heavy atom. The van der Waals surface area contributed by atoms with Crippen molar-refractivity contribution in [2.45, 2.75) is 45.1 Å². The Balaban J connectivity index is 1.53. The molecule has 5 nitrogen and oxygen atoms in total. The summed E-state index contributed by atoms with van der Waals surface area (Å²) in [5, 5.41) is 7.91. The normalized spacial score (nSPS) is 22.0. The molecule has 1 aromatic heterocycles. The third-order valence-corrected chi connectivity index (χ3v) is 6.27. The molecule has 2 amide bonds. The van der Waals surface area contributed by atoms with Gasteiger partial charge in [-0.05, 0) is 43.6 Å². The summed E-state index contributed by atoms with van der Waals surface area (Å²) in [5.74, 6) is 0.875. The number of rotatable bonds is 4. The average molecular weight is 350 g/mol. The van der Waals surface area contributed by atoms with Crippen molar-refractivity contribution in [3.05, 3.63) is 21.4 Å². The minimum Gasteiger partial charge on any atom is -0.358 e. The Kier molecular flexibility index (Phi) is 5.56. The van der Waals surface area contributed by atoms with Crippen LogP contribution in [0.4, 0.5) is 0 Å². The predicted octanol–water partition coefficient (Wildman–Crippen LogP) is 1.81. The number of hydrogen-bond acceptors (Lipinski definition) is 4. The Hall–Kier alpha value is -1.40. The molecule has 2 aliphatic rings. The highest BCUT2D eigenvalue weighted by molar-refractivity contribution is 7.10. The first-order chi connectivity index (χ1) is 11.6. The molecule has 6 heteroatoms. The van der Waals surface area contributed by atoms with Crippen LogP contribution in [0.1, 0.15) is 47.0 Å². The molecule has 1 saturated heterocycles. The summed E-state index contributed by atoms with van der Waals surface area (Å²) in [7, 11) is 1.66. The van der Waals surface area contributed by atoms with E-state index in [9.17, 15) is 9.59 Å². The van der Waals surface area contributed by atoms with Crippen LogP contribution in [-0.4, -0.2) is 49.4 Å². The van der Waals surface area contributed by atoms with Gasteiger partial charge in [0.05, 0.1) is 12.1 Å². The number of piperidine rings is 1. The summed E-state index contributed by atoms with van der Waals surface area (Å²) >= 11 is 1.74. The Morgan fingerprint density at radius 1 is 1.29 bits per heavy atom. The van der Waals surface area contributed by atoms with E-state index in [1.165, 1.54) is 16.9 Å².